The fourth-order valence-corrected chi connectivity index (χ4v) is 4.96. The number of aryl methyl sites for hydroxylation is 1. The molecule has 0 spiro atoms. The molecule has 0 aliphatic carbocycles. The summed E-state index contributed by atoms with van der Waals surface area (Å²) >= 11 is 2.67. The van der Waals surface area contributed by atoms with Gasteiger partial charge in [-0.3, -0.25) is 14.9 Å². The second-order valence-electron chi connectivity index (χ2n) is 6.15. The van der Waals surface area contributed by atoms with Gasteiger partial charge in [0.1, 0.15) is 0 Å². The van der Waals surface area contributed by atoms with Crippen LogP contribution in [0.15, 0.2) is 47.5 Å². The monoisotopic (exact) mass is 407 g/mol. The molecule has 0 unspecified atom stereocenters. The van der Waals surface area contributed by atoms with E-state index < -0.39 is 10.8 Å². The number of nitrogens with zero attached hydrogens (tertiary/aromatic N) is 3. The van der Waals surface area contributed by atoms with Gasteiger partial charge in [0.05, 0.1) is 26.6 Å². The molecule has 8 heteroatoms. The highest BCUT2D eigenvalue weighted by molar-refractivity contribution is 7.21. The Kier molecular flexibility index (Phi) is 4.55. The van der Waals surface area contributed by atoms with Crippen LogP contribution in [0.3, 0.4) is 0 Å². The standard InChI is InChI=1S/C20H13N3O3S2/c1-3-8-22-15-6-4-12(2)9-17(15)28-20(22)21-19(24)18-11-13-10-14(23(25)26)5-7-16(13)27-18/h1,4-7,9-11H,8H2,2H3. The maximum atomic E-state index is 12.8. The number of hydrogen-bond donors (Lipinski definition) is 0. The molecule has 138 valence electrons. The van der Waals surface area contributed by atoms with E-state index in [1.165, 1.54) is 34.8 Å². The third-order valence-electron chi connectivity index (χ3n) is 4.21. The molecule has 0 saturated heterocycles. The van der Waals surface area contributed by atoms with Gasteiger partial charge in [-0.2, -0.15) is 4.99 Å². The van der Waals surface area contributed by atoms with Crippen LogP contribution in [0, 0.1) is 29.4 Å². The largest absolute Gasteiger partial charge is 0.305 e. The van der Waals surface area contributed by atoms with Crippen LogP contribution in [0.5, 0.6) is 0 Å². The highest BCUT2D eigenvalue weighted by Gasteiger charge is 2.14. The summed E-state index contributed by atoms with van der Waals surface area (Å²) in [6, 6.07) is 12.2. The van der Waals surface area contributed by atoms with E-state index in [4.69, 9.17) is 6.42 Å². The maximum Gasteiger partial charge on any atom is 0.289 e. The third-order valence-corrected chi connectivity index (χ3v) is 6.35. The molecule has 28 heavy (non-hydrogen) atoms. The Hall–Kier alpha value is -3.28. The van der Waals surface area contributed by atoms with Gasteiger partial charge < -0.3 is 4.57 Å². The molecular formula is C20H13N3O3S2. The summed E-state index contributed by atoms with van der Waals surface area (Å²) in [6.45, 7) is 2.32. The highest BCUT2D eigenvalue weighted by Crippen LogP contribution is 2.29. The van der Waals surface area contributed by atoms with Crippen LogP contribution in [0.25, 0.3) is 20.3 Å². The van der Waals surface area contributed by atoms with Crippen LogP contribution in [-0.2, 0) is 6.54 Å². The van der Waals surface area contributed by atoms with E-state index in [-0.39, 0.29) is 5.69 Å². The van der Waals surface area contributed by atoms with Gasteiger partial charge in [-0.1, -0.05) is 23.3 Å². The van der Waals surface area contributed by atoms with Crippen molar-refractivity contribution >= 4 is 54.6 Å². The first-order chi connectivity index (χ1) is 13.5. The lowest BCUT2D eigenvalue weighted by Gasteiger charge is -1.99. The number of amides is 1. The molecule has 6 nitrogen and oxygen atoms in total. The van der Waals surface area contributed by atoms with Crippen molar-refractivity contribution in [2.75, 3.05) is 0 Å². The van der Waals surface area contributed by atoms with E-state index in [1.54, 1.807) is 12.1 Å². The molecule has 2 aromatic heterocycles. The topological polar surface area (TPSA) is 77.5 Å². The fourth-order valence-electron chi connectivity index (χ4n) is 2.90. The Morgan fingerprint density at radius 1 is 1.21 bits per heavy atom. The third kappa shape index (κ3) is 3.22. The van der Waals surface area contributed by atoms with Crippen molar-refractivity contribution in [3.63, 3.8) is 0 Å². The number of rotatable bonds is 3. The maximum absolute atomic E-state index is 12.8. The first-order valence-corrected chi connectivity index (χ1v) is 9.90. The Morgan fingerprint density at radius 2 is 2.04 bits per heavy atom. The minimum Gasteiger partial charge on any atom is -0.305 e. The van der Waals surface area contributed by atoms with Gasteiger partial charge in [-0.15, -0.1) is 17.8 Å². The SMILES string of the molecule is C#CCn1c(=NC(=O)c2cc3cc([N+](=O)[O-])ccc3s2)sc2cc(C)ccc21. The average molecular weight is 407 g/mol. The summed E-state index contributed by atoms with van der Waals surface area (Å²) in [6.07, 6.45) is 5.50. The van der Waals surface area contributed by atoms with Crippen molar-refractivity contribution in [3.8, 4) is 12.3 Å². The summed E-state index contributed by atoms with van der Waals surface area (Å²) in [5.41, 5.74) is 2.05. The normalized spacial score (nSPS) is 11.8. The number of aromatic nitrogens is 1. The van der Waals surface area contributed by atoms with Crippen molar-refractivity contribution in [1.82, 2.24) is 4.57 Å². The second kappa shape index (κ2) is 7.03. The second-order valence-corrected chi connectivity index (χ2v) is 8.25. The number of terminal acetylenes is 1. The zero-order chi connectivity index (χ0) is 19.8. The molecular weight excluding hydrogens is 394 g/mol. The summed E-state index contributed by atoms with van der Waals surface area (Å²) in [5.74, 6) is 2.21. The van der Waals surface area contributed by atoms with Crippen molar-refractivity contribution in [2.24, 2.45) is 4.99 Å². The molecule has 0 bridgehead atoms. The molecule has 0 aliphatic rings. The van der Waals surface area contributed by atoms with E-state index in [0.29, 0.717) is 21.6 Å². The summed E-state index contributed by atoms with van der Waals surface area (Å²) in [5, 5.41) is 11.6. The Bertz CT molecular complexity index is 1370. The van der Waals surface area contributed by atoms with Gasteiger partial charge in [0.15, 0.2) is 4.80 Å². The minimum absolute atomic E-state index is 0.00650. The molecule has 4 rings (SSSR count). The molecule has 0 N–H and O–H groups in total. The van der Waals surface area contributed by atoms with Crippen LogP contribution in [0.4, 0.5) is 5.69 Å². The first kappa shape index (κ1) is 18.1. The molecule has 4 aromatic rings. The van der Waals surface area contributed by atoms with Crippen LogP contribution in [0.2, 0.25) is 0 Å². The number of benzene rings is 2. The molecule has 0 radical (unpaired) electrons. The lowest BCUT2D eigenvalue weighted by atomic mass is 10.2. The zero-order valence-corrected chi connectivity index (χ0v) is 16.3. The number of non-ortho nitro benzene ring substituents is 1. The number of fused-ring (bicyclic) bond motifs is 2. The fraction of sp³-hybridized carbons (Fsp3) is 0.100. The molecule has 0 atom stereocenters. The van der Waals surface area contributed by atoms with Gasteiger partial charge in [0.25, 0.3) is 11.6 Å². The molecule has 0 saturated carbocycles. The van der Waals surface area contributed by atoms with E-state index in [0.717, 1.165) is 20.5 Å². The van der Waals surface area contributed by atoms with Crippen molar-refractivity contribution in [3.05, 3.63) is 67.8 Å². The van der Waals surface area contributed by atoms with Gasteiger partial charge in [0, 0.05) is 22.2 Å². The number of thiazole rings is 1. The van der Waals surface area contributed by atoms with Gasteiger partial charge >= 0.3 is 0 Å². The zero-order valence-electron chi connectivity index (χ0n) is 14.7. The number of hydrogen-bond acceptors (Lipinski definition) is 5. The lowest BCUT2D eigenvalue weighted by molar-refractivity contribution is -0.384. The number of thiophene rings is 1. The first-order valence-electron chi connectivity index (χ1n) is 8.27. The van der Waals surface area contributed by atoms with Gasteiger partial charge in [-0.25, -0.2) is 0 Å². The van der Waals surface area contributed by atoms with Crippen LogP contribution in [0.1, 0.15) is 15.2 Å². The van der Waals surface area contributed by atoms with Crippen molar-refractivity contribution in [1.29, 1.82) is 0 Å². The molecule has 2 aromatic carbocycles. The molecule has 0 fully saturated rings. The predicted octanol–water partition coefficient (Wildman–Crippen LogP) is 4.51. The van der Waals surface area contributed by atoms with E-state index in [9.17, 15) is 14.9 Å². The smallest absolute Gasteiger partial charge is 0.289 e. The van der Waals surface area contributed by atoms with Gasteiger partial charge in [-0.05, 0) is 36.8 Å². The Morgan fingerprint density at radius 3 is 2.79 bits per heavy atom. The lowest BCUT2D eigenvalue weighted by Crippen LogP contribution is -2.16. The van der Waals surface area contributed by atoms with E-state index >= 15 is 0 Å². The van der Waals surface area contributed by atoms with Crippen molar-refractivity contribution in [2.45, 2.75) is 13.5 Å². The quantitative estimate of drug-likeness (QED) is 0.285. The van der Waals surface area contributed by atoms with Crippen LogP contribution < -0.4 is 4.80 Å². The summed E-state index contributed by atoms with van der Waals surface area (Å²) in [4.78, 5) is 28.5. The van der Waals surface area contributed by atoms with Crippen molar-refractivity contribution < 1.29 is 9.72 Å². The average Bonchev–Trinajstić information content (AvgIpc) is 3.22. The highest BCUT2D eigenvalue weighted by atomic mass is 32.1. The molecule has 1 amide bonds. The van der Waals surface area contributed by atoms with E-state index in [1.807, 2.05) is 29.7 Å². The Balaban J connectivity index is 1.81. The number of nitro groups is 1. The summed E-state index contributed by atoms with van der Waals surface area (Å²) < 4.78 is 3.65. The number of carbonyl (C=O) groups excluding carboxylic acids is 1. The predicted molar refractivity (Wildman–Crippen MR) is 112 cm³/mol. The van der Waals surface area contributed by atoms with Gasteiger partial charge in [0.2, 0.25) is 0 Å². The number of carbonyl (C=O) groups is 1. The van der Waals surface area contributed by atoms with Crippen LogP contribution in [-0.4, -0.2) is 15.4 Å². The number of nitro benzene ring substituents is 1. The van der Waals surface area contributed by atoms with Crippen LogP contribution >= 0.6 is 22.7 Å². The Labute approximate surface area is 167 Å². The minimum atomic E-state index is -0.453. The summed E-state index contributed by atoms with van der Waals surface area (Å²) in [7, 11) is 0. The van der Waals surface area contributed by atoms with E-state index in [2.05, 4.69) is 10.9 Å². The molecule has 0 aliphatic heterocycles. The molecule has 2 heterocycles.